The second kappa shape index (κ2) is 5.75. The number of allylic oxidation sites excluding steroid dienone is 2. The standard InChI is InChI=1S/C21H21FN2O3/c22-15-3-1-2-14(9-15)21(6-7-21)11-23-16(25)10-24-19(26)17-12-4-5-13(8-12)18(17)20(24)27/h1-5,9,12-13,17-18H,6-8,10-11H2,(H,23,25)/t12-,13-,17-,18-/m0/s1. The van der Waals surface area contributed by atoms with E-state index in [9.17, 15) is 18.8 Å². The number of fused-ring (bicyclic) bond motifs is 5. The summed E-state index contributed by atoms with van der Waals surface area (Å²) in [4.78, 5) is 38.8. The molecule has 1 aromatic carbocycles. The number of hydrogen-bond acceptors (Lipinski definition) is 3. The highest BCUT2D eigenvalue weighted by Crippen LogP contribution is 2.52. The number of amides is 3. The van der Waals surface area contributed by atoms with Crippen LogP contribution in [-0.4, -0.2) is 35.7 Å². The van der Waals surface area contributed by atoms with Gasteiger partial charge < -0.3 is 5.32 Å². The predicted octanol–water partition coefficient (Wildman–Crippen LogP) is 1.78. The number of benzene rings is 1. The minimum Gasteiger partial charge on any atom is -0.354 e. The van der Waals surface area contributed by atoms with Crippen LogP contribution in [0.4, 0.5) is 4.39 Å². The largest absolute Gasteiger partial charge is 0.354 e. The summed E-state index contributed by atoms with van der Waals surface area (Å²) < 4.78 is 13.5. The van der Waals surface area contributed by atoms with Crippen LogP contribution in [0.15, 0.2) is 36.4 Å². The van der Waals surface area contributed by atoms with Gasteiger partial charge in [-0.1, -0.05) is 24.3 Å². The summed E-state index contributed by atoms with van der Waals surface area (Å²) in [5, 5.41) is 2.85. The molecule has 1 N–H and O–H groups in total. The maximum atomic E-state index is 13.5. The molecule has 3 aliphatic carbocycles. The van der Waals surface area contributed by atoms with Crippen LogP contribution in [0.25, 0.3) is 0 Å². The highest BCUT2D eigenvalue weighted by Gasteiger charge is 2.59. The first-order valence-electron chi connectivity index (χ1n) is 9.55. The Bertz CT molecular complexity index is 846. The minimum atomic E-state index is -0.334. The van der Waals surface area contributed by atoms with Crippen molar-refractivity contribution in [2.45, 2.75) is 24.7 Å². The summed E-state index contributed by atoms with van der Waals surface area (Å²) in [5.41, 5.74) is 0.657. The molecule has 2 saturated carbocycles. The fraction of sp³-hybridized carbons (Fsp3) is 0.476. The summed E-state index contributed by atoms with van der Waals surface area (Å²) in [7, 11) is 0. The Kier molecular flexibility index (Phi) is 3.55. The van der Waals surface area contributed by atoms with Crippen LogP contribution in [0.3, 0.4) is 0 Å². The number of hydrogen-bond donors (Lipinski definition) is 1. The van der Waals surface area contributed by atoms with Gasteiger partial charge in [-0.3, -0.25) is 19.3 Å². The summed E-state index contributed by atoms with van der Waals surface area (Å²) in [6.07, 6.45) is 6.73. The number of carbonyl (C=O) groups excluding carboxylic acids is 3. The number of imide groups is 1. The van der Waals surface area contributed by atoms with Crippen molar-refractivity contribution in [2.75, 3.05) is 13.1 Å². The molecule has 2 bridgehead atoms. The number of rotatable bonds is 5. The topological polar surface area (TPSA) is 66.5 Å². The van der Waals surface area contributed by atoms with Crippen LogP contribution in [0.2, 0.25) is 0 Å². The third kappa shape index (κ3) is 2.53. The zero-order valence-corrected chi connectivity index (χ0v) is 14.9. The molecular weight excluding hydrogens is 347 g/mol. The first-order chi connectivity index (χ1) is 13.0. The van der Waals surface area contributed by atoms with Crippen molar-refractivity contribution in [1.29, 1.82) is 0 Å². The molecule has 5 rings (SSSR count). The smallest absolute Gasteiger partial charge is 0.240 e. The first kappa shape index (κ1) is 16.7. The molecule has 1 heterocycles. The summed E-state index contributed by atoms with van der Waals surface area (Å²) in [5.74, 6) is -1.29. The van der Waals surface area contributed by atoms with Crippen molar-refractivity contribution in [1.82, 2.24) is 10.2 Å². The molecule has 1 saturated heterocycles. The monoisotopic (exact) mass is 368 g/mol. The van der Waals surface area contributed by atoms with Gasteiger partial charge in [0.15, 0.2) is 0 Å². The molecule has 4 atom stereocenters. The van der Waals surface area contributed by atoms with Crippen LogP contribution < -0.4 is 5.32 Å². The molecule has 27 heavy (non-hydrogen) atoms. The SMILES string of the molecule is O=C(CN1C(=O)[C@@H]2[C@@H](C1=O)[C@H]1C=C[C@H]2C1)NCC1(c2cccc(F)c2)CC1. The molecule has 3 fully saturated rings. The van der Waals surface area contributed by atoms with Crippen LogP contribution in [0.5, 0.6) is 0 Å². The Hall–Kier alpha value is -2.50. The van der Waals surface area contributed by atoms with Gasteiger partial charge in [0.05, 0.1) is 11.8 Å². The average Bonchev–Trinajstić information content (AvgIpc) is 3.06. The van der Waals surface area contributed by atoms with E-state index in [0.29, 0.717) is 6.54 Å². The number of carbonyl (C=O) groups is 3. The summed E-state index contributed by atoms with van der Waals surface area (Å²) in [6, 6.07) is 6.47. The highest BCUT2D eigenvalue weighted by atomic mass is 19.1. The van der Waals surface area contributed by atoms with E-state index in [0.717, 1.165) is 29.7 Å². The lowest BCUT2D eigenvalue weighted by atomic mass is 9.85. The first-order valence-corrected chi connectivity index (χ1v) is 9.55. The lowest BCUT2D eigenvalue weighted by Crippen LogP contribution is -2.43. The van der Waals surface area contributed by atoms with Crippen molar-refractivity contribution in [3.63, 3.8) is 0 Å². The predicted molar refractivity (Wildman–Crippen MR) is 94.8 cm³/mol. The lowest BCUT2D eigenvalue weighted by Gasteiger charge is -2.20. The van der Waals surface area contributed by atoms with Crippen molar-refractivity contribution in [2.24, 2.45) is 23.7 Å². The minimum absolute atomic E-state index is 0.146. The second-order valence-corrected chi connectivity index (χ2v) is 8.33. The molecule has 3 amide bonds. The van der Waals surface area contributed by atoms with E-state index in [1.165, 1.54) is 12.1 Å². The molecule has 5 nitrogen and oxygen atoms in total. The fourth-order valence-electron chi connectivity index (χ4n) is 5.12. The van der Waals surface area contributed by atoms with Gasteiger partial charge in [-0.05, 0) is 48.8 Å². The Morgan fingerprint density at radius 3 is 2.41 bits per heavy atom. The van der Waals surface area contributed by atoms with Gasteiger partial charge in [0, 0.05) is 12.0 Å². The van der Waals surface area contributed by atoms with Crippen molar-refractivity contribution in [3.05, 3.63) is 47.8 Å². The van der Waals surface area contributed by atoms with Crippen LogP contribution in [0, 0.1) is 29.5 Å². The Labute approximate surface area is 156 Å². The Morgan fingerprint density at radius 1 is 1.15 bits per heavy atom. The van der Waals surface area contributed by atoms with E-state index >= 15 is 0 Å². The maximum Gasteiger partial charge on any atom is 0.240 e. The van der Waals surface area contributed by atoms with Crippen LogP contribution in [0.1, 0.15) is 24.8 Å². The summed E-state index contributed by atoms with van der Waals surface area (Å²) in [6.45, 7) is 0.175. The molecule has 1 aliphatic heterocycles. The zero-order chi connectivity index (χ0) is 18.8. The van der Waals surface area contributed by atoms with E-state index in [1.807, 2.05) is 18.2 Å². The molecule has 0 unspecified atom stereocenters. The van der Waals surface area contributed by atoms with Crippen molar-refractivity contribution in [3.8, 4) is 0 Å². The number of nitrogens with one attached hydrogen (secondary N) is 1. The van der Waals surface area contributed by atoms with Gasteiger partial charge >= 0.3 is 0 Å². The van der Waals surface area contributed by atoms with Gasteiger partial charge in [-0.2, -0.15) is 0 Å². The molecule has 1 aromatic rings. The van der Waals surface area contributed by atoms with E-state index in [4.69, 9.17) is 0 Å². The molecule has 4 aliphatic rings. The van der Waals surface area contributed by atoms with Gasteiger partial charge in [0.1, 0.15) is 12.4 Å². The second-order valence-electron chi connectivity index (χ2n) is 8.33. The van der Waals surface area contributed by atoms with E-state index < -0.39 is 0 Å². The van der Waals surface area contributed by atoms with E-state index in [1.54, 1.807) is 6.07 Å². The van der Waals surface area contributed by atoms with Crippen molar-refractivity contribution >= 4 is 17.7 Å². The quantitative estimate of drug-likeness (QED) is 0.636. The zero-order valence-electron chi connectivity index (χ0n) is 14.9. The maximum absolute atomic E-state index is 13.5. The molecule has 140 valence electrons. The lowest BCUT2D eigenvalue weighted by molar-refractivity contribution is -0.144. The van der Waals surface area contributed by atoms with E-state index in [2.05, 4.69) is 5.32 Å². The molecule has 0 aromatic heterocycles. The Morgan fingerprint density at radius 2 is 1.81 bits per heavy atom. The van der Waals surface area contributed by atoms with Crippen LogP contribution >= 0.6 is 0 Å². The third-order valence-corrected chi connectivity index (χ3v) is 6.78. The fourth-order valence-corrected chi connectivity index (χ4v) is 5.12. The number of nitrogens with zero attached hydrogens (tertiary/aromatic N) is 1. The molecule has 6 heteroatoms. The van der Waals surface area contributed by atoms with Gasteiger partial charge in [0.2, 0.25) is 17.7 Å². The normalized spacial score (nSPS) is 32.1. The third-order valence-electron chi connectivity index (χ3n) is 6.78. The summed E-state index contributed by atoms with van der Waals surface area (Å²) >= 11 is 0. The Balaban J connectivity index is 1.22. The highest BCUT2D eigenvalue weighted by molar-refractivity contribution is 6.08. The average molecular weight is 368 g/mol. The molecular formula is C21H21FN2O3. The molecule has 0 radical (unpaired) electrons. The van der Waals surface area contributed by atoms with Gasteiger partial charge in [-0.25, -0.2) is 4.39 Å². The van der Waals surface area contributed by atoms with E-state index in [-0.39, 0.29) is 59.2 Å². The van der Waals surface area contributed by atoms with Gasteiger partial charge in [-0.15, -0.1) is 0 Å². The number of halogens is 1. The van der Waals surface area contributed by atoms with Crippen molar-refractivity contribution < 1.29 is 18.8 Å². The van der Waals surface area contributed by atoms with Crippen LogP contribution in [-0.2, 0) is 19.8 Å². The number of likely N-dealkylation sites (tertiary alicyclic amines) is 1. The van der Waals surface area contributed by atoms with Gasteiger partial charge in [0.25, 0.3) is 0 Å². The molecule has 0 spiro atoms.